The summed E-state index contributed by atoms with van der Waals surface area (Å²) < 4.78 is 1.69. The molecule has 2 aromatic heterocycles. The van der Waals surface area contributed by atoms with Crippen LogP contribution in [0.1, 0.15) is 63.9 Å². The zero-order valence-corrected chi connectivity index (χ0v) is 17.8. The number of hydrogen-bond acceptors (Lipinski definition) is 5. The number of aromatic hydroxyl groups is 1. The van der Waals surface area contributed by atoms with Crippen molar-refractivity contribution in [1.82, 2.24) is 14.6 Å². The molecule has 0 radical (unpaired) electrons. The third-order valence-electron chi connectivity index (χ3n) is 4.84. The van der Waals surface area contributed by atoms with Crippen molar-refractivity contribution in [3.8, 4) is 5.75 Å². The maximum Gasteiger partial charge on any atom is 0.163 e. The van der Waals surface area contributed by atoms with Crippen molar-refractivity contribution in [2.45, 2.75) is 65.9 Å². The first kappa shape index (κ1) is 20.1. The number of aliphatic hydroxyl groups is 1. The summed E-state index contributed by atoms with van der Waals surface area (Å²) >= 11 is 0. The minimum absolute atomic E-state index is 0.110. The lowest BCUT2D eigenvalue weighted by Crippen LogP contribution is -2.18. The Hall–Kier alpha value is -2.60. The zero-order chi connectivity index (χ0) is 20.9. The third kappa shape index (κ3) is 3.69. The van der Waals surface area contributed by atoms with E-state index in [1.807, 2.05) is 25.1 Å². The van der Waals surface area contributed by atoms with Crippen LogP contribution < -0.4 is 5.32 Å². The van der Waals surface area contributed by atoms with Crippen LogP contribution in [0, 0.1) is 6.92 Å². The monoisotopic (exact) mass is 382 g/mol. The van der Waals surface area contributed by atoms with Gasteiger partial charge in [-0.25, -0.2) is 4.98 Å². The summed E-state index contributed by atoms with van der Waals surface area (Å²) in [6.07, 6.45) is 1.63. The van der Waals surface area contributed by atoms with E-state index < -0.39 is 0 Å². The van der Waals surface area contributed by atoms with E-state index in [2.05, 4.69) is 56.9 Å². The van der Waals surface area contributed by atoms with E-state index in [-0.39, 0.29) is 17.4 Å². The summed E-state index contributed by atoms with van der Waals surface area (Å²) in [7, 11) is 0. The van der Waals surface area contributed by atoms with Crippen LogP contribution in [-0.2, 0) is 17.4 Å². The maximum atomic E-state index is 10.9. The lowest BCUT2D eigenvalue weighted by Gasteiger charge is -2.28. The first-order valence-corrected chi connectivity index (χ1v) is 9.52. The first-order valence-electron chi connectivity index (χ1n) is 9.52. The van der Waals surface area contributed by atoms with Crippen LogP contribution in [0.15, 0.2) is 24.4 Å². The van der Waals surface area contributed by atoms with E-state index in [0.29, 0.717) is 17.0 Å². The molecule has 2 heterocycles. The number of aliphatic hydroxyl groups excluding tert-OH is 1. The fourth-order valence-electron chi connectivity index (χ4n) is 3.33. The molecular formula is C22H30N4O2. The molecule has 0 amide bonds. The molecule has 3 aromatic rings. The molecule has 3 N–H and O–H groups in total. The molecule has 0 unspecified atom stereocenters. The number of hydrogen-bond donors (Lipinski definition) is 3. The number of phenols is 1. The summed E-state index contributed by atoms with van der Waals surface area (Å²) in [4.78, 5) is 4.50. The number of nitrogens with zero attached hydrogens (tertiary/aromatic N) is 3. The summed E-state index contributed by atoms with van der Waals surface area (Å²) in [5.74, 6) is 1.11. The van der Waals surface area contributed by atoms with E-state index in [1.165, 1.54) is 0 Å². The molecule has 150 valence electrons. The molecule has 6 heteroatoms. The van der Waals surface area contributed by atoms with E-state index in [9.17, 15) is 10.2 Å². The zero-order valence-electron chi connectivity index (χ0n) is 17.8. The average Bonchev–Trinajstić information content (AvgIpc) is 2.97. The van der Waals surface area contributed by atoms with Crippen LogP contribution >= 0.6 is 0 Å². The number of aromatic nitrogens is 3. The minimum atomic E-state index is -0.207. The Morgan fingerprint density at radius 3 is 2.07 bits per heavy atom. The second kappa shape index (κ2) is 6.78. The molecule has 28 heavy (non-hydrogen) atoms. The van der Waals surface area contributed by atoms with Crippen molar-refractivity contribution in [2.75, 3.05) is 5.32 Å². The van der Waals surface area contributed by atoms with Crippen molar-refractivity contribution in [3.05, 3.63) is 46.8 Å². The molecule has 0 aliphatic carbocycles. The van der Waals surface area contributed by atoms with Crippen molar-refractivity contribution < 1.29 is 10.2 Å². The molecule has 0 fully saturated rings. The molecule has 0 aliphatic heterocycles. The highest BCUT2D eigenvalue weighted by atomic mass is 16.3. The molecule has 0 bridgehead atoms. The maximum absolute atomic E-state index is 10.9. The van der Waals surface area contributed by atoms with Gasteiger partial charge in [-0.3, -0.25) is 0 Å². The average molecular weight is 383 g/mol. The predicted octanol–water partition coefficient (Wildman–Crippen LogP) is 4.57. The predicted molar refractivity (Wildman–Crippen MR) is 112 cm³/mol. The second-order valence-corrected chi connectivity index (χ2v) is 9.39. The van der Waals surface area contributed by atoms with Gasteiger partial charge in [0.15, 0.2) is 5.65 Å². The number of phenolic OH excluding ortho intramolecular Hbond substituents is 1. The number of aryl methyl sites for hydroxylation is 1. The van der Waals surface area contributed by atoms with Crippen LogP contribution in [0.2, 0.25) is 0 Å². The Morgan fingerprint density at radius 2 is 1.57 bits per heavy atom. The molecule has 1 aromatic carbocycles. The highest BCUT2D eigenvalue weighted by Gasteiger charge is 2.26. The summed E-state index contributed by atoms with van der Waals surface area (Å²) in [5.41, 5.74) is 4.39. The van der Waals surface area contributed by atoms with Gasteiger partial charge in [-0.1, -0.05) is 41.5 Å². The summed E-state index contributed by atoms with van der Waals surface area (Å²) in [5, 5.41) is 28.3. The number of benzene rings is 1. The molecule has 0 aliphatic rings. The smallest absolute Gasteiger partial charge is 0.163 e. The van der Waals surface area contributed by atoms with Crippen LogP contribution in [-0.4, -0.2) is 24.8 Å². The van der Waals surface area contributed by atoms with Gasteiger partial charge in [0.2, 0.25) is 0 Å². The van der Waals surface area contributed by atoms with Gasteiger partial charge in [0, 0.05) is 34.1 Å². The van der Waals surface area contributed by atoms with Crippen molar-refractivity contribution in [2.24, 2.45) is 0 Å². The van der Waals surface area contributed by atoms with Gasteiger partial charge in [0.05, 0.1) is 12.8 Å². The number of anilines is 2. The normalized spacial score (nSPS) is 12.6. The highest BCUT2D eigenvalue weighted by Crippen LogP contribution is 2.41. The Bertz CT molecular complexity index is 988. The molecular weight excluding hydrogens is 352 g/mol. The second-order valence-electron chi connectivity index (χ2n) is 9.39. The topological polar surface area (TPSA) is 82.7 Å². The number of fused-ring (bicyclic) bond motifs is 1. The van der Waals surface area contributed by atoms with Crippen molar-refractivity contribution in [1.29, 1.82) is 0 Å². The Morgan fingerprint density at radius 1 is 1.00 bits per heavy atom. The molecule has 3 rings (SSSR count). The van der Waals surface area contributed by atoms with E-state index in [1.54, 1.807) is 10.7 Å². The highest BCUT2D eigenvalue weighted by molar-refractivity contribution is 5.66. The van der Waals surface area contributed by atoms with E-state index in [4.69, 9.17) is 0 Å². The van der Waals surface area contributed by atoms with Crippen molar-refractivity contribution in [3.63, 3.8) is 0 Å². The largest absolute Gasteiger partial charge is 0.507 e. The van der Waals surface area contributed by atoms with Crippen LogP contribution in [0.3, 0.4) is 0 Å². The van der Waals surface area contributed by atoms with Gasteiger partial charge in [-0.15, -0.1) is 0 Å². The van der Waals surface area contributed by atoms with Crippen molar-refractivity contribution >= 4 is 17.2 Å². The Labute approximate surface area is 166 Å². The van der Waals surface area contributed by atoms with E-state index >= 15 is 0 Å². The summed E-state index contributed by atoms with van der Waals surface area (Å²) in [6.45, 7) is 14.4. The Kier molecular flexibility index (Phi) is 4.88. The van der Waals surface area contributed by atoms with Gasteiger partial charge in [0.1, 0.15) is 11.6 Å². The van der Waals surface area contributed by atoms with Gasteiger partial charge in [0.25, 0.3) is 0 Å². The van der Waals surface area contributed by atoms with Gasteiger partial charge in [-0.2, -0.15) is 9.61 Å². The fourth-order valence-corrected chi connectivity index (χ4v) is 3.33. The van der Waals surface area contributed by atoms with Gasteiger partial charge < -0.3 is 15.5 Å². The molecule has 0 spiro atoms. The molecule has 0 saturated carbocycles. The molecule has 6 nitrogen and oxygen atoms in total. The van der Waals surface area contributed by atoms with Crippen LogP contribution in [0.4, 0.5) is 11.5 Å². The molecule has 0 saturated heterocycles. The lowest BCUT2D eigenvalue weighted by molar-refractivity contribution is 0.283. The first-order chi connectivity index (χ1) is 12.9. The standard InChI is InChI=1S/C22H30N4O2/c1-13-8-18(26-20(24-13)14(12-27)11-23-26)25-15-9-16(21(2,3)4)19(28)17(10-15)22(5,6)7/h8-11,25,27-28H,12H2,1-7H3. The lowest BCUT2D eigenvalue weighted by atomic mass is 9.79. The molecule has 0 atom stereocenters. The SMILES string of the molecule is Cc1cc(Nc2cc(C(C)(C)C)c(O)c(C(C)(C)C)c2)n2ncc(CO)c2n1. The van der Waals surface area contributed by atoms with E-state index in [0.717, 1.165) is 28.3 Å². The number of nitrogens with one attached hydrogen (secondary N) is 1. The Balaban J connectivity index is 2.18. The summed E-state index contributed by atoms with van der Waals surface area (Å²) in [6, 6.07) is 5.90. The fraction of sp³-hybridized carbons (Fsp3) is 0.455. The quantitative estimate of drug-likeness (QED) is 0.578. The van der Waals surface area contributed by atoms with Crippen LogP contribution in [0.25, 0.3) is 5.65 Å². The van der Waals surface area contributed by atoms with Gasteiger partial charge in [-0.05, 0) is 29.9 Å². The third-order valence-corrected chi connectivity index (χ3v) is 4.84. The number of rotatable bonds is 3. The van der Waals surface area contributed by atoms with Crippen LogP contribution in [0.5, 0.6) is 5.75 Å². The minimum Gasteiger partial charge on any atom is -0.507 e. The van der Waals surface area contributed by atoms with Gasteiger partial charge >= 0.3 is 0 Å².